The van der Waals surface area contributed by atoms with Crippen LogP contribution >= 0.6 is 23.1 Å². The second kappa shape index (κ2) is 12.3. The largest absolute Gasteiger partial charge is 0.484 e. The first kappa shape index (κ1) is 26.6. The number of thiophene rings is 1. The van der Waals surface area contributed by atoms with E-state index < -0.39 is 0 Å². The van der Waals surface area contributed by atoms with Gasteiger partial charge in [0.1, 0.15) is 5.75 Å². The number of nitrogens with one attached hydrogen (secondary N) is 1. The number of para-hydroxylation sites is 1. The number of aromatic nitrogens is 3. The number of thioether (sulfide) groups is 1. The fourth-order valence-electron chi connectivity index (χ4n) is 4.09. The summed E-state index contributed by atoms with van der Waals surface area (Å²) in [7, 11) is 1.81. The lowest BCUT2D eigenvalue weighted by Crippen LogP contribution is -2.29. The molecule has 200 valence electrons. The monoisotopic (exact) mass is 560 g/mol. The summed E-state index contributed by atoms with van der Waals surface area (Å²) in [6.45, 7) is 2.15. The highest BCUT2D eigenvalue weighted by atomic mass is 32.2. The Balaban J connectivity index is 1.19. The van der Waals surface area contributed by atoms with E-state index in [1.54, 1.807) is 33.0 Å². The van der Waals surface area contributed by atoms with Gasteiger partial charge in [-0.3, -0.25) is 9.59 Å². The highest BCUT2D eigenvalue weighted by Crippen LogP contribution is 2.34. The summed E-state index contributed by atoms with van der Waals surface area (Å²) < 4.78 is 7.25. The SMILES string of the molecule is Cc1ccc([C@@H]2CC(c3cccs3)=NN2C(=O)CSc2nnc(CNC(=O)COc3ccccc3)n2C)cc1. The molecule has 2 aromatic heterocycles. The predicted molar refractivity (Wildman–Crippen MR) is 152 cm³/mol. The summed E-state index contributed by atoms with van der Waals surface area (Å²) in [4.78, 5) is 26.6. The molecule has 0 saturated heterocycles. The minimum atomic E-state index is -0.262. The van der Waals surface area contributed by atoms with E-state index in [-0.39, 0.29) is 36.8 Å². The number of rotatable bonds is 10. The molecule has 4 aromatic rings. The third-order valence-electron chi connectivity index (χ3n) is 6.24. The van der Waals surface area contributed by atoms with Gasteiger partial charge in [-0.2, -0.15) is 5.10 Å². The van der Waals surface area contributed by atoms with Gasteiger partial charge in [0.15, 0.2) is 17.6 Å². The molecule has 0 radical (unpaired) electrons. The van der Waals surface area contributed by atoms with Crippen molar-refractivity contribution in [2.45, 2.75) is 31.1 Å². The van der Waals surface area contributed by atoms with Crippen LogP contribution in [0.3, 0.4) is 0 Å². The summed E-state index contributed by atoms with van der Waals surface area (Å²) in [5.41, 5.74) is 3.15. The molecule has 0 aliphatic carbocycles. The molecule has 11 heteroatoms. The standard InChI is InChI=1S/C28H28N6O3S2/c1-19-10-12-20(13-11-19)23-15-22(24-9-6-14-38-24)32-34(23)27(36)18-39-28-31-30-25(33(28)2)16-29-26(35)17-37-21-7-4-3-5-8-21/h3-14,23H,15-18H2,1-2H3,(H,29,35)/t23-/m0/s1. The van der Waals surface area contributed by atoms with E-state index in [4.69, 9.17) is 9.84 Å². The number of aryl methyl sites for hydroxylation is 1. The Morgan fingerprint density at radius 2 is 1.87 bits per heavy atom. The van der Waals surface area contributed by atoms with Crippen LogP contribution in [0.2, 0.25) is 0 Å². The maximum atomic E-state index is 13.4. The molecule has 2 aromatic carbocycles. The smallest absolute Gasteiger partial charge is 0.258 e. The van der Waals surface area contributed by atoms with Gasteiger partial charge in [-0.25, -0.2) is 5.01 Å². The summed E-state index contributed by atoms with van der Waals surface area (Å²) in [6.07, 6.45) is 0.668. The molecule has 3 heterocycles. The second-order valence-corrected chi connectivity index (χ2v) is 10.9. The van der Waals surface area contributed by atoms with Crippen molar-refractivity contribution in [1.29, 1.82) is 0 Å². The summed E-state index contributed by atoms with van der Waals surface area (Å²) >= 11 is 2.92. The number of carbonyl (C=O) groups excluding carboxylic acids is 2. The van der Waals surface area contributed by atoms with E-state index in [1.807, 2.05) is 49.7 Å². The topological polar surface area (TPSA) is 102 Å². The fraction of sp³-hybridized carbons (Fsp3) is 0.250. The highest BCUT2D eigenvalue weighted by Gasteiger charge is 2.33. The maximum absolute atomic E-state index is 13.4. The predicted octanol–water partition coefficient (Wildman–Crippen LogP) is 4.35. The molecule has 1 aliphatic rings. The van der Waals surface area contributed by atoms with Crippen LogP contribution in [0.25, 0.3) is 0 Å². The summed E-state index contributed by atoms with van der Waals surface area (Å²) in [5, 5.41) is 20.1. The minimum Gasteiger partial charge on any atom is -0.484 e. The van der Waals surface area contributed by atoms with Crippen molar-refractivity contribution in [3.05, 3.63) is 93.9 Å². The molecule has 0 unspecified atom stereocenters. The number of carbonyl (C=O) groups is 2. The number of amides is 2. The Bertz CT molecular complexity index is 1450. The van der Waals surface area contributed by atoms with E-state index in [9.17, 15) is 9.59 Å². The van der Waals surface area contributed by atoms with Crippen LogP contribution in [0.1, 0.15) is 34.3 Å². The molecule has 0 bridgehead atoms. The number of hydrogen-bond donors (Lipinski definition) is 1. The molecule has 1 atom stereocenters. The van der Waals surface area contributed by atoms with Gasteiger partial charge in [-0.1, -0.05) is 65.9 Å². The lowest BCUT2D eigenvalue weighted by molar-refractivity contribution is -0.130. The average molecular weight is 561 g/mol. The quantitative estimate of drug-likeness (QED) is 0.290. The number of hydrazone groups is 1. The molecular weight excluding hydrogens is 532 g/mol. The van der Waals surface area contributed by atoms with Gasteiger partial charge in [0.25, 0.3) is 11.8 Å². The molecule has 2 amide bonds. The first-order chi connectivity index (χ1) is 19.0. The first-order valence-electron chi connectivity index (χ1n) is 12.4. The Hall–Kier alpha value is -3.96. The molecular formula is C28H28N6O3S2. The fourth-order valence-corrected chi connectivity index (χ4v) is 5.59. The Morgan fingerprint density at radius 1 is 1.08 bits per heavy atom. The normalized spacial score (nSPS) is 14.8. The number of ether oxygens (including phenoxy) is 1. The molecule has 39 heavy (non-hydrogen) atoms. The number of hydrogen-bond acceptors (Lipinski definition) is 8. The van der Waals surface area contributed by atoms with Gasteiger partial charge in [0.05, 0.1) is 28.9 Å². The molecule has 1 aliphatic heterocycles. The van der Waals surface area contributed by atoms with Gasteiger partial charge in [-0.05, 0) is 36.1 Å². The Labute approximate surface area is 234 Å². The van der Waals surface area contributed by atoms with Gasteiger partial charge in [0.2, 0.25) is 0 Å². The second-order valence-electron chi connectivity index (χ2n) is 9.02. The zero-order valence-electron chi connectivity index (χ0n) is 21.6. The highest BCUT2D eigenvalue weighted by molar-refractivity contribution is 7.99. The van der Waals surface area contributed by atoms with E-state index in [1.165, 1.54) is 17.3 Å². The Morgan fingerprint density at radius 3 is 2.62 bits per heavy atom. The van der Waals surface area contributed by atoms with Gasteiger partial charge >= 0.3 is 0 Å². The van der Waals surface area contributed by atoms with Crippen LogP contribution in [-0.4, -0.2) is 49.7 Å². The first-order valence-corrected chi connectivity index (χ1v) is 14.3. The van der Waals surface area contributed by atoms with Gasteiger partial charge in [0, 0.05) is 13.5 Å². The molecule has 0 fully saturated rings. The van der Waals surface area contributed by atoms with Crippen LogP contribution in [0.15, 0.2) is 82.4 Å². The third-order valence-corrected chi connectivity index (χ3v) is 8.16. The zero-order valence-corrected chi connectivity index (χ0v) is 23.2. The van der Waals surface area contributed by atoms with Crippen LogP contribution in [0, 0.1) is 6.92 Å². The minimum absolute atomic E-state index is 0.0933. The van der Waals surface area contributed by atoms with Crippen LogP contribution in [0.4, 0.5) is 0 Å². The van der Waals surface area contributed by atoms with E-state index in [0.717, 1.165) is 16.2 Å². The van der Waals surface area contributed by atoms with Crippen LogP contribution in [0.5, 0.6) is 5.75 Å². The van der Waals surface area contributed by atoms with Crippen molar-refractivity contribution in [3.8, 4) is 5.75 Å². The molecule has 0 saturated carbocycles. The molecule has 0 spiro atoms. The number of nitrogens with zero attached hydrogens (tertiary/aromatic N) is 5. The van der Waals surface area contributed by atoms with Gasteiger partial charge < -0.3 is 14.6 Å². The Kier molecular flexibility index (Phi) is 8.38. The zero-order chi connectivity index (χ0) is 27.2. The molecule has 1 N–H and O–H groups in total. The van der Waals surface area contributed by atoms with Crippen molar-refractivity contribution in [2.75, 3.05) is 12.4 Å². The van der Waals surface area contributed by atoms with Crippen molar-refractivity contribution in [2.24, 2.45) is 12.1 Å². The van der Waals surface area contributed by atoms with Crippen LogP contribution in [-0.2, 0) is 23.2 Å². The van der Waals surface area contributed by atoms with Crippen molar-refractivity contribution in [3.63, 3.8) is 0 Å². The van der Waals surface area contributed by atoms with Crippen molar-refractivity contribution in [1.82, 2.24) is 25.1 Å². The number of benzene rings is 2. The third kappa shape index (κ3) is 6.55. The summed E-state index contributed by atoms with van der Waals surface area (Å²) in [6, 6.07) is 21.3. The molecule has 9 nitrogen and oxygen atoms in total. The lowest BCUT2D eigenvalue weighted by atomic mass is 10.00. The van der Waals surface area contributed by atoms with E-state index in [0.29, 0.717) is 23.2 Å². The van der Waals surface area contributed by atoms with Crippen molar-refractivity contribution < 1.29 is 14.3 Å². The summed E-state index contributed by atoms with van der Waals surface area (Å²) in [5.74, 6) is 1.00. The van der Waals surface area contributed by atoms with E-state index in [2.05, 4.69) is 39.8 Å². The maximum Gasteiger partial charge on any atom is 0.258 e. The van der Waals surface area contributed by atoms with Crippen LogP contribution < -0.4 is 10.1 Å². The lowest BCUT2D eigenvalue weighted by Gasteiger charge is -2.22. The van der Waals surface area contributed by atoms with E-state index >= 15 is 0 Å². The molecule has 5 rings (SSSR count). The van der Waals surface area contributed by atoms with Crippen molar-refractivity contribution >= 4 is 40.6 Å². The van der Waals surface area contributed by atoms with Gasteiger partial charge in [-0.15, -0.1) is 21.5 Å². The average Bonchev–Trinajstić information content (AvgIpc) is 3.71.